The van der Waals surface area contributed by atoms with Crippen molar-refractivity contribution in [2.45, 2.75) is 6.54 Å². The molecule has 3 rings (SSSR count). The molecule has 0 saturated carbocycles. The molecule has 0 fully saturated rings. The van der Waals surface area contributed by atoms with E-state index in [0.29, 0.717) is 17.1 Å². The number of nitrogens with one attached hydrogen (secondary N) is 1. The zero-order valence-electron chi connectivity index (χ0n) is 13.7. The smallest absolute Gasteiger partial charge is 0.262 e. The van der Waals surface area contributed by atoms with Crippen molar-refractivity contribution < 1.29 is 13.9 Å². The number of furan rings is 1. The van der Waals surface area contributed by atoms with Gasteiger partial charge in [-0.05, 0) is 35.0 Å². The highest BCUT2D eigenvalue weighted by molar-refractivity contribution is 6.04. The van der Waals surface area contributed by atoms with Gasteiger partial charge in [0, 0.05) is 5.56 Å². The fourth-order valence-electron chi connectivity index (χ4n) is 2.57. The van der Waals surface area contributed by atoms with Gasteiger partial charge in [-0.25, -0.2) is 0 Å². The number of hydrogen-bond acceptors (Lipinski definition) is 4. The highest BCUT2D eigenvalue weighted by Crippen LogP contribution is 2.30. The topological polar surface area (TPSA) is 75.3 Å². The molecule has 1 aromatic heterocycles. The number of rotatable bonds is 5. The monoisotopic (exact) mass is 332 g/mol. The molecule has 0 spiro atoms. The van der Waals surface area contributed by atoms with Gasteiger partial charge in [0.2, 0.25) is 0 Å². The van der Waals surface area contributed by atoms with Crippen LogP contribution in [0, 0.1) is 11.3 Å². The van der Waals surface area contributed by atoms with Gasteiger partial charge in [-0.15, -0.1) is 0 Å². The van der Waals surface area contributed by atoms with Crippen LogP contribution < -0.4 is 10.1 Å². The molecule has 0 unspecified atom stereocenters. The number of fused-ring (bicyclic) bond motifs is 1. The summed E-state index contributed by atoms with van der Waals surface area (Å²) < 4.78 is 10.6. The lowest BCUT2D eigenvalue weighted by Crippen LogP contribution is -2.23. The normalized spacial score (nSPS) is 11.1. The zero-order chi connectivity index (χ0) is 17.6. The van der Waals surface area contributed by atoms with E-state index in [9.17, 15) is 10.1 Å². The van der Waals surface area contributed by atoms with Crippen molar-refractivity contribution in [1.82, 2.24) is 5.32 Å². The predicted molar refractivity (Wildman–Crippen MR) is 94.6 cm³/mol. The fraction of sp³-hybridized carbons (Fsp3) is 0.100. The Labute approximate surface area is 145 Å². The van der Waals surface area contributed by atoms with Crippen molar-refractivity contribution in [3.8, 4) is 11.8 Å². The lowest BCUT2D eigenvalue weighted by atomic mass is 10.0. The van der Waals surface area contributed by atoms with Crippen molar-refractivity contribution >= 4 is 22.8 Å². The summed E-state index contributed by atoms with van der Waals surface area (Å²) in [5.74, 6) is 0.757. The number of ether oxygens (including phenoxy) is 1. The van der Waals surface area contributed by atoms with Gasteiger partial charge < -0.3 is 14.5 Å². The second-order valence-corrected chi connectivity index (χ2v) is 5.33. The van der Waals surface area contributed by atoms with E-state index in [1.54, 1.807) is 25.3 Å². The minimum atomic E-state index is -0.464. The zero-order valence-corrected chi connectivity index (χ0v) is 13.7. The maximum atomic E-state index is 12.3. The van der Waals surface area contributed by atoms with Crippen LogP contribution in [0.5, 0.6) is 5.75 Å². The molecule has 25 heavy (non-hydrogen) atoms. The van der Waals surface area contributed by atoms with Crippen LogP contribution >= 0.6 is 0 Å². The Morgan fingerprint density at radius 1 is 1.24 bits per heavy atom. The van der Waals surface area contributed by atoms with Crippen LogP contribution in [0.25, 0.3) is 16.8 Å². The second-order valence-electron chi connectivity index (χ2n) is 5.33. The summed E-state index contributed by atoms with van der Waals surface area (Å²) in [6.07, 6.45) is 3.09. The Morgan fingerprint density at radius 3 is 2.80 bits per heavy atom. The molecule has 0 aliphatic carbocycles. The first-order chi connectivity index (χ1) is 12.2. The second kappa shape index (κ2) is 7.37. The van der Waals surface area contributed by atoms with Crippen molar-refractivity contribution in [1.29, 1.82) is 5.26 Å². The highest BCUT2D eigenvalue weighted by atomic mass is 16.5. The van der Waals surface area contributed by atoms with E-state index in [4.69, 9.17) is 9.15 Å². The van der Waals surface area contributed by atoms with Crippen molar-refractivity contribution in [2.75, 3.05) is 7.11 Å². The van der Waals surface area contributed by atoms with E-state index in [2.05, 4.69) is 5.32 Å². The van der Waals surface area contributed by atoms with Crippen molar-refractivity contribution in [3.05, 3.63) is 71.7 Å². The lowest BCUT2D eigenvalue weighted by molar-refractivity contribution is -0.117. The van der Waals surface area contributed by atoms with Crippen LogP contribution in [0.3, 0.4) is 0 Å². The minimum absolute atomic E-state index is 0.00112. The first kappa shape index (κ1) is 16.3. The van der Waals surface area contributed by atoms with Gasteiger partial charge >= 0.3 is 0 Å². The molecule has 1 amide bonds. The number of nitrogens with zero attached hydrogens (tertiary/aromatic N) is 1. The minimum Gasteiger partial charge on any atom is -0.496 e. The van der Waals surface area contributed by atoms with Gasteiger partial charge in [0.25, 0.3) is 5.91 Å². The Hall–Kier alpha value is -3.52. The molecule has 0 aliphatic rings. The van der Waals surface area contributed by atoms with Gasteiger partial charge in [0.05, 0.1) is 19.9 Å². The van der Waals surface area contributed by atoms with Crippen molar-refractivity contribution in [2.24, 2.45) is 0 Å². The van der Waals surface area contributed by atoms with Crippen LogP contribution in [-0.4, -0.2) is 13.0 Å². The van der Waals surface area contributed by atoms with Crippen LogP contribution in [0.2, 0.25) is 0 Å². The fourth-order valence-corrected chi connectivity index (χ4v) is 2.57. The number of carbonyl (C=O) groups excluding carboxylic acids is 1. The summed E-state index contributed by atoms with van der Waals surface area (Å²) in [6, 6.07) is 17.0. The van der Waals surface area contributed by atoms with Gasteiger partial charge in [-0.2, -0.15) is 5.26 Å². The van der Waals surface area contributed by atoms with E-state index in [1.807, 2.05) is 42.5 Å². The molecule has 3 aromatic rings. The molecule has 124 valence electrons. The molecule has 0 saturated heterocycles. The van der Waals surface area contributed by atoms with E-state index in [0.717, 1.165) is 10.8 Å². The average molecular weight is 332 g/mol. The summed E-state index contributed by atoms with van der Waals surface area (Å²) in [4.78, 5) is 12.3. The Kier molecular flexibility index (Phi) is 4.82. The summed E-state index contributed by atoms with van der Waals surface area (Å²) >= 11 is 0. The largest absolute Gasteiger partial charge is 0.496 e. The molecular formula is C20H16N2O3. The average Bonchev–Trinajstić information content (AvgIpc) is 3.17. The maximum Gasteiger partial charge on any atom is 0.262 e. The maximum absolute atomic E-state index is 12.3. The van der Waals surface area contributed by atoms with E-state index >= 15 is 0 Å². The Morgan fingerprint density at radius 2 is 2.08 bits per heavy atom. The number of benzene rings is 2. The molecule has 0 atom stereocenters. The van der Waals surface area contributed by atoms with E-state index in [-0.39, 0.29) is 12.1 Å². The Bertz CT molecular complexity index is 966. The molecule has 2 aromatic carbocycles. The highest BCUT2D eigenvalue weighted by Gasteiger charge is 2.13. The quantitative estimate of drug-likeness (QED) is 0.571. The third-order valence-electron chi connectivity index (χ3n) is 3.81. The number of hydrogen-bond donors (Lipinski definition) is 1. The first-order valence-corrected chi connectivity index (χ1v) is 7.71. The molecule has 0 aliphatic heterocycles. The molecule has 0 bridgehead atoms. The van der Waals surface area contributed by atoms with Crippen molar-refractivity contribution in [3.63, 3.8) is 0 Å². The summed E-state index contributed by atoms with van der Waals surface area (Å²) in [5, 5.41) is 14.0. The van der Waals surface area contributed by atoms with Crippen LogP contribution in [0.15, 0.2) is 64.8 Å². The van der Waals surface area contributed by atoms with Gasteiger partial charge in [-0.1, -0.05) is 30.3 Å². The summed E-state index contributed by atoms with van der Waals surface area (Å²) in [5.41, 5.74) is 0.700. The molecule has 0 radical (unpaired) electrons. The summed E-state index contributed by atoms with van der Waals surface area (Å²) in [7, 11) is 1.56. The molecule has 1 heterocycles. The van der Waals surface area contributed by atoms with Gasteiger partial charge in [0.15, 0.2) is 0 Å². The number of carbonyl (C=O) groups is 1. The predicted octanol–water partition coefficient (Wildman–Crippen LogP) is 3.66. The Balaban J connectivity index is 1.95. The van der Waals surface area contributed by atoms with Crippen LogP contribution in [-0.2, 0) is 11.3 Å². The van der Waals surface area contributed by atoms with Crippen LogP contribution in [0.1, 0.15) is 11.3 Å². The lowest BCUT2D eigenvalue weighted by Gasteiger charge is -2.09. The number of methoxy groups -OCH3 is 1. The van der Waals surface area contributed by atoms with Gasteiger partial charge in [-0.3, -0.25) is 4.79 Å². The van der Waals surface area contributed by atoms with Gasteiger partial charge in [0.1, 0.15) is 23.2 Å². The SMILES string of the molecule is COc1ccc2ccccc2c1/C=C(\C#N)C(=O)NCc1ccco1. The number of nitriles is 1. The standard InChI is InChI=1S/C20H16N2O3/c1-24-19-9-8-14-5-2-3-7-17(14)18(19)11-15(12-21)20(23)22-13-16-6-4-10-25-16/h2-11H,13H2,1H3,(H,22,23)/b15-11+. The number of amides is 1. The van der Waals surface area contributed by atoms with Crippen LogP contribution in [0.4, 0.5) is 0 Å². The summed E-state index contributed by atoms with van der Waals surface area (Å²) in [6.45, 7) is 0.220. The third kappa shape index (κ3) is 3.54. The molecule has 5 nitrogen and oxygen atoms in total. The third-order valence-corrected chi connectivity index (χ3v) is 3.81. The van der Waals surface area contributed by atoms with E-state index in [1.165, 1.54) is 6.26 Å². The molecular weight excluding hydrogens is 316 g/mol. The molecule has 1 N–H and O–H groups in total. The molecule has 5 heteroatoms. The first-order valence-electron chi connectivity index (χ1n) is 7.71. The van der Waals surface area contributed by atoms with E-state index < -0.39 is 5.91 Å².